The van der Waals surface area contributed by atoms with Crippen LogP contribution in [0.1, 0.15) is 32.8 Å². The summed E-state index contributed by atoms with van der Waals surface area (Å²) >= 11 is 0. The number of benzene rings is 1. The van der Waals surface area contributed by atoms with Crippen molar-refractivity contribution in [3.8, 4) is 5.75 Å². The first-order valence-corrected chi connectivity index (χ1v) is 6.68. The maximum absolute atomic E-state index is 11.6. The summed E-state index contributed by atoms with van der Waals surface area (Å²) in [5.74, 6) is 0.465. The van der Waals surface area contributed by atoms with E-state index in [4.69, 9.17) is 15.2 Å². The Kier molecular flexibility index (Phi) is 5.83. The number of carbonyl (C=O) groups excluding carboxylic acids is 1. The molecule has 0 aromatic heterocycles. The second-order valence-electron chi connectivity index (χ2n) is 4.70. The maximum atomic E-state index is 11.6. The number of carbonyl (C=O) groups is 1. The summed E-state index contributed by atoms with van der Waals surface area (Å²) in [4.78, 5) is 11.6. The van der Waals surface area contributed by atoms with E-state index in [-0.39, 0.29) is 5.97 Å². The summed E-state index contributed by atoms with van der Waals surface area (Å²) in [6, 6.07) is 7.87. The van der Waals surface area contributed by atoms with Crippen molar-refractivity contribution in [3.63, 3.8) is 0 Å². The molecule has 4 heteroatoms. The van der Waals surface area contributed by atoms with Gasteiger partial charge in [-0.3, -0.25) is 4.79 Å². The number of para-hydroxylation sites is 1. The Bertz CT molecular complexity index is 416. The van der Waals surface area contributed by atoms with Crippen molar-refractivity contribution in [1.82, 2.24) is 0 Å². The minimum atomic E-state index is -1.00. The molecule has 19 heavy (non-hydrogen) atoms. The molecule has 0 fully saturated rings. The van der Waals surface area contributed by atoms with Crippen molar-refractivity contribution in [2.75, 3.05) is 13.2 Å². The van der Waals surface area contributed by atoms with Gasteiger partial charge in [0.2, 0.25) is 0 Å². The third-order valence-electron chi connectivity index (χ3n) is 2.97. The number of esters is 1. The first-order valence-electron chi connectivity index (χ1n) is 6.68. The number of nitrogens with two attached hydrogens (primary N) is 1. The van der Waals surface area contributed by atoms with E-state index in [2.05, 4.69) is 6.92 Å². The first kappa shape index (κ1) is 15.5. The highest BCUT2D eigenvalue weighted by molar-refractivity contribution is 5.79. The lowest BCUT2D eigenvalue weighted by Crippen LogP contribution is -2.47. The van der Waals surface area contributed by atoms with Gasteiger partial charge in [-0.1, -0.05) is 25.1 Å². The third-order valence-corrected chi connectivity index (χ3v) is 2.97. The van der Waals surface area contributed by atoms with E-state index in [0.29, 0.717) is 19.6 Å². The Labute approximate surface area is 114 Å². The van der Waals surface area contributed by atoms with Gasteiger partial charge in [0.1, 0.15) is 11.3 Å². The molecule has 0 spiro atoms. The number of aryl methyl sites for hydroxylation is 1. The van der Waals surface area contributed by atoms with E-state index < -0.39 is 5.54 Å². The molecule has 0 aliphatic rings. The minimum absolute atomic E-state index is 0.338. The Hall–Kier alpha value is -1.55. The Balaban J connectivity index is 2.51. The van der Waals surface area contributed by atoms with E-state index >= 15 is 0 Å². The Morgan fingerprint density at radius 1 is 1.32 bits per heavy atom. The highest BCUT2D eigenvalue weighted by Crippen LogP contribution is 2.19. The summed E-state index contributed by atoms with van der Waals surface area (Å²) in [7, 11) is 0. The fraction of sp³-hybridized carbons (Fsp3) is 0.533. The van der Waals surface area contributed by atoms with Crippen LogP contribution in [0.5, 0.6) is 5.75 Å². The van der Waals surface area contributed by atoms with Crippen LogP contribution in [0, 0.1) is 0 Å². The molecule has 0 radical (unpaired) electrons. The lowest BCUT2D eigenvalue weighted by Gasteiger charge is -2.22. The predicted molar refractivity (Wildman–Crippen MR) is 75.2 cm³/mol. The van der Waals surface area contributed by atoms with Gasteiger partial charge in [-0.15, -0.1) is 0 Å². The lowest BCUT2D eigenvalue weighted by atomic mass is 10.0. The van der Waals surface area contributed by atoms with Crippen LogP contribution >= 0.6 is 0 Å². The molecule has 4 nitrogen and oxygen atoms in total. The van der Waals surface area contributed by atoms with Gasteiger partial charge < -0.3 is 15.2 Å². The number of hydrogen-bond acceptors (Lipinski definition) is 4. The van der Waals surface area contributed by atoms with E-state index in [1.807, 2.05) is 24.3 Å². The van der Waals surface area contributed by atoms with Crippen LogP contribution in [0.4, 0.5) is 0 Å². The van der Waals surface area contributed by atoms with E-state index in [1.54, 1.807) is 13.8 Å². The monoisotopic (exact) mass is 265 g/mol. The van der Waals surface area contributed by atoms with Crippen LogP contribution < -0.4 is 10.5 Å². The summed E-state index contributed by atoms with van der Waals surface area (Å²) in [5, 5.41) is 0. The van der Waals surface area contributed by atoms with Gasteiger partial charge >= 0.3 is 5.97 Å². The summed E-state index contributed by atoms with van der Waals surface area (Å²) in [5.41, 5.74) is 6.07. The number of hydrogen-bond donors (Lipinski definition) is 1. The van der Waals surface area contributed by atoms with Gasteiger partial charge in [0.05, 0.1) is 13.2 Å². The van der Waals surface area contributed by atoms with Gasteiger partial charge in [-0.05, 0) is 31.9 Å². The second-order valence-corrected chi connectivity index (χ2v) is 4.70. The van der Waals surface area contributed by atoms with Gasteiger partial charge in [0.25, 0.3) is 0 Å². The van der Waals surface area contributed by atoms with Gasteiger partial charge in [-0.2, -0.15) is 0 Å². The molecule has 106 valence electrons. The predicted octanol–water partition coefficient (Wildman–Crippen LogP) is 2.30. The van der Waals surface area contributed by atoms with Crippen LogP contribution in [-0.4, -0.2) is 24.7 Å². The van der Waals surface area contributed by atoms with Crippen molar-refractivity contribution in [3.05, 3.63) is 29.8 Å². The third kappa shape index (κ3) is 4.56. The fourth-order valence-electron chi connectivity index (χ4n) is 1.71. The summed E-state index contributed by atoms with van der Waals surface area (Å²) < 4.78 is 10.6. The summed E-state index contributed by atoms with van der Waals surface area (Å²) in [6.45, 7) is 6.24. The average molecular weight is 265 g/mol. The van der Waals surface area contributed by atoms with Crippen LogP contribution in [0.15, 0.2) is 24.3 Å². The highest BCUT2D eigenvalue weighted by Gasteiger charge is 2.29. The molecule has 0 saturated heterocycles. The van der Waals surface area contributed by atoms with Gasteiger partial charge in [0.15, 0.2) is 0 Å². The molecule has 0 amide bonds. The molecular weight excluding hydrogens is 242 g/mol. The molecule has 2 N–H and O–H groups in total. The number of rotatable bonds is 7. The zero-order chi connectivity index (χ0) is 14.3. The maximum Gasteiger partial charge on any atom is 0.325 e. The molecule has 0 aliphatic heterocycles. The Morgan fingerprint density at radius 3 is 2.63 bits per heavy atom. The summed E-state index contributed by atoms with van der Waals surface area (Å²) in [6.07, 6.45) is 1.33. The SMILES string of the molecule is CCOC(=O)C(C)(N)CCOc1ccccc1CC. The van der Waals surface area contributed by atoms with Gasteiger partial charge in [0, 0.05) is 6.42 Å². The minimum Gasteiger partial charge on any atom is -0.493 e. The van der Waals surface area contributed by atoms with Crippen LogP contribution in [0.3, 0.4) is 0 Å². The Morgan fingerprint density at radius 2 is 2.00 bits per heavy atom. The molecule has 1 unspecified atom stereocenters. The quantitative estimate of drug-likeness (QED) is 0.768. The lowest BCUT2D eigenvalue weighted by molar-refractivity contribution is -0.149. The zero-order valence-electron chi connectivity index (χ0n) is 11.9. The van der Waals surface area contributed by atoms with Crippen LogP contribution in [-0.2, 0) is 16.0 Å². The molecular formula is C15H23NO3. The fourth-order valence-corrected chi connectivity index (χ4v) is 1.71. The zero-order valence-corrected chi connectivity index (χ0v) is 11.9. The first-order chi connectivity index (χ1) is 9.01. The van der Waals surface area contributed by atoms with Gasteiger partial charge in [-0.25, -0.2) is 0 Å². The van der Waals surface area contributed by atoms with E-state index in [1.165, 1.54) is 0 Å². The standard InChI is InChI=1S/C15H23NO3/c1-4-12-8-6-7-9-13(12)19-11-10-15(3,16)14(17)18-5-2/h6-9H,4-5,10-11,16H2,1-3H3. The molecule has 1 atom stereocenters. The average Bonchev–Trinajstić information content (AvgIpc) is 2.39. The second kappa shape index (κ2) is 7.14. The normalized spacial score (nSPS) is 13.7. The van der Waals surface area contributed by atoms with Crippen molar-refractivity contribution < 1.29 is 14.3 Å². The largest absolute Gasteiger partial charge is 0.493 e. The van der Waals surface area contributed by atoms with E-state index in [9.17, 15) is 4.79 Å². The van der Waals surface area contributed by atoms with Crippen LogP contribution in [0.25, 0.3) is 0 Å². The molecule has 1 rings (SSSR count). The smallest absolute Gasteiger partial charge is 0.325 e. The highest BCUT2D eigenvalue weighted by atomic mass is 16.5. The van der Waals surface area contributed by atoms with Crippen molar-refractivity contribution in [2.24, 2.45) is 5.73 Å². The van der Waals surface area contributed by atoms with Crippen molar-refractivity contribution >= 4 is 5.97 Å². The molecule has 1 aromatic carbocycles. The van der Waals surface area contributed by atoms with Crippen molar-refractivity contribution in [2.45, 2.75) is 39.2 Å². The van der Waals surface area contributed by atoms with Crippen LogP contribution in [0.2, 0.25) is 0 Å². The van der Waals surface area contributed by atoms with E-state index in [0.717, 1.165) is 17.7 Å². The molecule has 1 aromatic rings. The molecule has 0 aliphatic carbocycles. The topological polar surface area (TPSA) is 61.5 Å². The molecule has 0 bridgehead atoms. The molecule has 0 heterocycles. The molecule has 0 saturated carbocycles. The number of ether oxygens (including phenoxy) is 2. The van der Waals surface area contributed by atoms with Crippen molar-refractivity contribution in [1.29, 1.82) is 0 Å².